The first-order valence-electron chi connectivity index (χ1n) is 8.48. The molecular formula is C21H13Br2F3N2O2. The summed E-state index contributed by atoms with van der Waals surface area (Å²) in [6.45, 7) is 0. The van der Waals surface area contributed by atoms with E-state index in [9.17, 15) is 22.8 Å². The summed E-state index contributed by atoms with van der Waals surface area (Å²) in [5.41, 5.74) is -0.637. The quantitative estimate of drug-likeness (QED) is 0.384. The number of alkyl halides is 3. The Hall–Kier alpha value is -2.65. The van der Waals surface area contributed by atoms with Crippen LogP contribution in [0.4, 0.5) is 24.5 Å². The summed E-state index contributed by atoms with van der Waals surface area (Å²) < 4.78 is 41.5. The molecule has 0 bridgehead atoms. The predicted molar refractivity (Wildman–Crippen MR) is 116 cm³/mol. The number of anilines is 2. The molecule has 30 heavy (non-hydrogen) atoms. The van der Waals surface area contributed by atoms with Gasteiger partial charge in [-0.2, -0.15) is 13.2 Å². The summed E-state index contributed by atoms with van der Waals surface area (Å²) in [5, 5.41) is 4.88. The van der Waals surface area contributed by atoms with E-state index in [0.29, 0.717) is 0 Å². The molecule has 0 aromatic heterocycles. The normalized spacial score (nSPS) is 11.1. The number of carbonyl (C=O) groups is 2. The molecule has 2 amide bonds. The fraction of sp³-hybridized carbons (Fsp3) is 0.0476. The zero-order chi connectivity index (χ0) is 21.9. The molecule has 0 atom stereocenters. The zero-order valence-corrected chi connectivity index (χ0v) is 18.2. The standard InChI is InChI=1S/C21H13Br2F3N2O2/c22-15-5-1-12(2-6-15)19(29)27-17-9-14(21(24,25)26)10-18(11-17)28-20(30)13-3-7-16(23)8-4-13/h1-11H,(H,27,29)(H,28,30). The highest BCUT2D eigenvalue weighted by Crippen LogP contribution is 2.33. The number of hydrogen-bond acceptors (Lipinski definition) is 2. The molecule has 0 unspecified atom stereocenters. The van der Waals surface area contributed by atoms with Crippen molar-refractivity contribution in [2.75, 3.05) is 10.6 Å². The smallest absolute Gasteiger partial charge is 0.322 e. The number of carbonyl (C=O) groups excluding carboxylic acids is 2. The van der Waals surface area contributed by atoms with Crippen LogP contribution in [0.5, 0.6) is 0 Å². The van der Waals surface area contributed by atoms with Gasteiger partial charge < -0.3 is 10.6 Å². The van der Waals surface area contributed by atoms with Crippen molar-refractivity contribution in [2.45, 2.75) is 6.18 Å². The molecule has 9 heteroatoms. The van der Waals surface area contributed by atoms with Crippen molar-refractivity contribution in [3.63, 3.8) is 0 Å². The van der Waals surface area contributed by atoms with Gasteiger partial charge in [0, 0.05) is 31.4 Å². The van der Waals surface area contributed by atoms with Crippen LogP contribution in [0.2, 0.25) is 0 Å². The van der Waals surface area contributed by atoms with Crippen LogP contribution in [0.25, 0.3) is 0 Å². The molecule has 0 aliphatic rings. The van der Waals surface area contributed by atoms with Crippen LogP contribution < -0.4 is 10.6 Å². The van der Waals surface area contributed by atoms with Crippen molar-refractivity contribution in [1.29, 1.82) is 0 Å². The maximum Gasteiger partial charge on any atom is 0.416 e. The lowest BCUT2D eigenvalue weighted by Gasteiger charge is -2.14. The van der Waals surface area contributed by atoms with Crippen LogP contribution in [-0.2, 0) is 6.18 Å². The summed E-state index contributed by atoms with van der Waals surface area (Å²) in [6, 6.07) is 15.6. The van der Waals surface area contributed by atoms with Gasteiger partial charge in [0.05, 0.1) is 5.56 Å². The Kier molecular flexibility index (Phi) is 6.62. The van der Waals surface area contributed by atoms with Crippen molar-refractivity contribution < 1.29 is 22.8 Å². The Balaban J connectivity index is 1.88. The number of halogens is 5. The van der Waals surface area contributed by atoms with E-state index in [4.69, 9.17) is 0 Å². The predicted octanol–water partition coefficient (Wildman–Crippen LogP) is 6.74. The average Bonchev–Trinajstić information content (AvgIpc) is 2.68. The molecule has 0 heterocycles. The minimum Gasteiger partial charge on any atom is -0.322 e. The maximum atomic E-state index is 13.3. The van der Waals surface area contributed by atoms with E-state index in [1.165, 1.54) is 30.3 Å². The van der Waals surface area contributed by atoms with Crippen molar-refractivity contribution in [2.24, 2.45) is 0 Å². The summed E-state index contributed by atoms with van der Waals surface area (Å²) in [7, 11) is 0. The SMILES string of the molecule is O=C(Nc1cc(NC(=O)c2ccc(Br)cc2)cc(C(F)(F)F)c1)c1ccc(Br)cc1. The average molecular weight is 542 g/mol. The number of hydrogen-bond donors (Lipinski definition) is 2. The van der Waals surface area contributed by atoms with Gasteiger partial charge in [-0.1, -0.05) is 31.9 Å². The summed E-state index contributed by atoms with van der Waals surface area (Å²) in [5.74, 6) is -1.15. The van der Waals surface area contributed by atoms with Crippen LogP contribution in [-0.4, -0.2) is 11.8 Å². The number of rotatable bonds is 4. The molecule has 0 aliphatic carbocycles. The second kappa shape index (κ2) is 9.01. The largest absolute Gasteiger partial charge is 0.416 e. The first-order valence-corrected chi connectivity index (χ1v) is 10.1. The second-order valence-electron chi connectivity index (χ2n) is 6.22. The first kappa shape index (κ1) is 22.0. The highest BCUT2D eigenvalue weighted by Gasteiger charge is 2.31. The van der Waals surface area contributed by atoms with E-state index >= 15 is 0 Å². The van der Waals surface area contributed by atoms with Gasteiger partial charge in [0.15, 0.2) is 0 Å². The molecule has 0 saturated heterocycles. The highest BCUT2D eigenvalue weighted by molar-refractivity contribution is 9.10. The summed E-state index contributed by atoms with van der Waals surface area (Å²) in [6.07, 6.45) is -4.66. The van der Waals surface area contributed by atoms with Crippen LogP contribution in [0.15, 0.2) is 75.7 Å². The number of amides is 2. The van der Waals surface area contributed by atoms with Gasteiger partial charge in [0.1, 0.15) is 0 Å². The minimum atomic E-state index is -4.66. The lowest BCUT2D eigenvalue weighted by Crippen LogP contribution is -2.16. The van der Waals surface area contributed by atoms with E-state index in [-0.39, 0.29) is 22.5 Å². The lowest BCUT2D eigenvalue weighted by atomic mass is 10.1. The van der Waals surface area contributed by atoms with Gasteiger partial charge >= 0.3 is 6.18 Å². The van der Waals surface area contributed by atoms with Crippen molar-refractivity contribution >= 4 is 55.0 Å². The van der Waals surface area contributed by atoms with Crippen LogP contribution in [0, 0.1) is 0 Å². The van der Waals surface area contributed by atoms with E-state index in [1.54, 1.807) is 24.3 Å². The van der Waals surface area contributed by atoms with Crippen LogP contribution in [0.3, 0.4) is 0 Å². The third-order valence-corrected chi connectivity index (χ3v) is 5.05. The molecule has 3 aromatic carbocycles. The molecule has 3 rings (SSSR count). The monoisotopic (exact) mass is 540 g/mol. The first-order chi connectivity index (χ1) is 14.1. The molecule has 0 spiro atoms. The molecule has 0 fully saturated rings. The molecular weight excluding hydrogens is 529 g/mol. The minimum absolute atomic E-state index is 0.0937. The Bertz CT molecular complexity index is 1010. The highest BCUT2D eigenvalue weighted by atomic mass is 79.9. The van der Waals surface area contributed by atoms with E-state index in [2.05, 4.69) is 42.5 Å². The molecule has 4 nitrogen and oxygen atoms in total. The van der Waals surface area contributed by atoms with Gasteiger partial charge in [-0.3, -0.25) is 9.59 Å². The van der Waals surface area contributed by atoms with Gasteiger partial charge in [0.25, 0.3) is 11.8 Å². The number of nitrogens with one attached hydrogen (secondary N) is 2. The molecule has 0 radical (unpaired) electrons. The Labute approximate surface area is 186 Å². The molecule has 2 N–H and O–H groups in total. The van der Waals surface area contributed by atoms with Crippen molar-refractivity contribution in [3.8, 4) is 0 Å². The van der Waals surface area contributed by atoms with E-state index in [1.807, 2.05) is 0 Å². The summed E-state index contributed by atoms with van der Waals surface area (Å²) in [4.78, 5) is 24.7. The topological polar surface area (TPSA) is 58.2 Å². The fourth-order valence-electron chi connectivity index (χ4n) is 2.54. The Morgan fingerprint density at radius 2 is 1.03 bits per heavy atom. The van der Waals surface area contributed by atoms with Gasteiger partial charge in [0.2, 0.25) is 0 Å². The fourth-order valence-corrected chi connectivity index (χ4v) is 3.07. The van der Waals surface area contributed by atoms with Gasteiger partial charge in [-0.15, -0.1) is 0 Å². The van der Waals surface area contributed by atoms with Gasteiger partial charge in [-0.25, -0.2) is 0 Å². The lowest BCUT2D eigenvalue weighted by molar-refractivity contribution is -0.137. The van der Waals surface area contributed by atoms with Crippen LogP contribution >= 0.6 is 31.9 Å². The molecule has 0 aliphatic heterocycles. The van der Waals surface area contributed by atoms with Crippen molar-refractivity contribution in [1.82, 2.24) is 0 Å². The zero-order valence-electron chi connectivity index (χ0n) is 15.1. The third-order valence-electron chi connectivity index (χ3n) is 3.99. The van der Waals surface area contributed by atoms with E-state index < -0.39 is 23.6 Å². The van der Waals surface area contributed by atoms with Gasteiger partial charge in [-0.05, 0) is 66.7 Å². The second-order valence-corrected chi connectivity index (χ2v) is 8.05. The van der Waals surface area contributed by atoms with E-state index in [0.717, 1.165) is 21.1 Å². The molecule has 0 saturated carbocycles. The Morgan fingerprint density at radius 3 is 1.37 bits per heavy atom. The Morgan fingerprint density at radius 1 is 0.667 bits per heavy atom. The van der Waals surface area contributed by atoms with Crippen molar-refractivity contribution in [3.05, 3.63) is 92.4 Å². The molecule has 3 aromatic rings. The number of benzene rings is 3. The molecule has 154 valence electrons. The maximum absolute atomic E-state index is 13.3. The van der Waals surface area contributed by atoms with Crippen LogP contribution in [0.1, 0.15) is 26.3 Å². The summed E-state index contributed by atoms with van der Waals surface area (Å²) >= 11 is 6.50. The third kappa shape index (κ3) is 5.70.